The molecule has 0 spiro atoms. The Hall–Kier alpha value is -0.540. The molecule has 1 aromatic carbocycles. The molecule has 96 valence electrons. The van der Waals surface area contributed by atoms with Crippen molar-refractivity contribution in [2.24, 2.45) is 0 Å². The van der Waals surface area contributed by atoms with E-state index in [0.29, 0.717) is 10.0 Å². The van der Waals surface area contributed by atoms with Crippen LogP contribution in [0.15, 0.2) is 35.0 Å². The van der Waals surface area contributed by atoms with Crippen LogP contribution in [0.1, 0.15) is 23.6 Å². The van der Waals surface area contributed by atoms with Crippen LogP contribution in [0.2, 0.25) is 10.0 Å². The molecule has 18 heavy (non-hydrogen) atoms. The van der Waals surface area contributed by atoms with E-state index in [1.54, 1.807) is 17.4 Å². The van der Waals surface area contributed by atoms with Crippen LogP contribution in [0.3, 0.4) is 0 Å². The van der Waals surface area contributed by atoms with Gasteiger partial charge in [0.05, 0.1) is 0 Å². The van der Waals surface area contributed by atoms with Gasteiger partial charge in [-0.1, -0.05) is 23.2 Å². The van der Waals surface area contributed by atoms with E-state index in [4.69, 9.17) is 23.2 Å². The Morgan fingerprint density at radius 3 is 2.50 bits per heavy atom. The largest absolute Gasteiger partial charge is 0.313 e. The summed E-state index contributed by atoms with van der Waals surface area (Å²) >= 11 is 13.8. The fourth-order valence-electron chi connectivity index (χ4n) is 2.00. The molecule has 1 unspecified atom stereocenters. The van der Waals surface area contributed by atoms with Gasteiger partial charge in [0, 0.05) is 16.1 Å². The van der Waals surface area contributed by atoms with Crippen molar-refractivity contribution in [3.8, 4) is 0 Å². The first-order valence-corrected chi connectivity index (χ1v) is 7.53. The summed E-state index contributed by atoms with van der Waals surface area (Å²) in [6.07, 6.45) is 2.09. The third-order valence-corrected chi connectivity index (χ3v) is 4.11. The van der Waals surface area contributed by atoms with Crippen molar-refractivity contribution in [1.82, 2.24) is 5.32 Å². The Kier molecular flexibility index (Phi) is 5.07. The van der Waals surface area contributed by atoms with E-state index in [2.05, 4.69) is 22.1 Å². The molecule has 0 saturated carbocycles. The molecule has 1 aromatic heterocycles. The van der Waals surface area contributed by atoms with Crippen LogP contribution in [0.5, 0.6) is 0 Å². The highest BCUT2D eigenvalue weighted by Crippen LogP contribution is 2.26. The predicted octanol–water partition coefficient (Wildman–Crippen LogP) is 4.95. The van der Waals surface area contributed by atoms with Crippen molar-refractivity contribution >= 4 is 34.5 Å². The molecule has 1 N–H and O–H groups in total. The predicted molar refractivity (Wildman–Crippen MR) is 80.9 cm³/mol. The monoisotopic (exact) mass is 299 g/mol. The van der Waals surface area contributed by atoms with Crippen LogP contribution in [0.25, 0.3) is 0 Å². The van der Waals surface area contributed by atoms with Gasteiger partial charge in [0.15, 0.2) is 0 Å². The van der Waals surface area contributed by atoms with E-state index in [1.807, 2.05) is 19.2 Å². The van der Waals surface area contributed by atoms with Crippen LogP contribution >= 0.6 is 34.5 Å². The van der Waals surface area contributed by atoms with Gasteiger partial charge in [-0.2, -0.15) is 11.3 Å². The van der Waals surface area contributed by atoms with Gasteiger partial charge in [-0.05, 0) is 66.0 Å². The topological polar surface area (TPSA) is 12.0 Å². The molecule has 1 nitrogen and oxygen atoms in total. The summed E-state index contributed by atoms with van der Waals surface area (Å²) in [6.45, 7) is 0. The van der Waals surface area contributed by atoms with Gasteiger partial charge in [-0.15, -0.1) is 0 Å². The van der Waals surface area contributed by atoms with Crippen molar-refractivity contribution in [3.63, 3.8) is 0 Å². The van der Waals surface area contributed by atoms with Crippen LogP contribution in [0.4, 0.5) is 0 Å². The van der Waals surface area contributed by atoms with Crippen LogP contribution in [-0.2, 0) is 6.42 Å². The van der Waals surface area contributed by atoms with Crippen LogP contribution in [-0.4, -0.2) is 7.05 Å². The maximum absolute atomic E-state index is 6.04. The van der Waals surface area contributed by atoms with Crippen molar-refractivity contribution < 1.29 is 0 Å². The molecule has 0 fully saturated rings. The highest BCUT2D eigenvalue weighted by Gasteiger charge is 2.11. The standard InChI is InChI=1S/C14H15Cl2NS/c1-17-14(3-2-10-4-5-18-9-10)11-6-12(15)8-13(16)7-11/h4-9,14,17H,2-3H2,1H3. The van der Waals surface area contributed by atoms with Gasteiger partial charge < -0.3 is 5.32 Å². The molecule has 1 heterocycles. The molecule has 0 radical (unpaired) electrons. The number of benzene rings is 1. The highest BCUT2D eigenvalue weighted by atomic mass is 35.5. The first-order valence-electron chi connectivity index (χ1n) is 5.83. The van der Waals surface area contributed by atoms with E-state index >= 15 is 0 Å². The Morgan fingerprint density at radius 2 is 1.94 bits per heavy atom. The smallest absolute Gasteiger partial charge is 0.0424 e. The van der Waals surface area contributed by atoms with Gasteiger partial charge in [-0.25, -0.2) is 0 Å². The maximum atomic E-state index is 6.04. The Bertz CT molecular complexity index is 476. The summed E-state index contributed by atoms with van der Waals surface area (Å²) in [5, 5.41) is 9.00. The molecular weight excluding hydrogens is 285 g/mol. The Balaban J connectivity index is 2.07. The third-order valence-electron chi connectivity index (χ3n) is 2.94. The number of halogens is 2. The average Bonchev–Trinajstić information content (AvgIpc) is 2.81. The minimum atomic E-state index is 0.279. The molecule has 0 amide bonds. The molecule has 1 atom stereocenters. The van der Waals surface area contributed by atoms with Gasteiger partial charge in [-0.3, -0.25) is 0 Å². The first-order chi connectivity index (χ1) is 8.69. The van der Waals surface area contributed by atoms with Crippen molar-refractivity contribution in [1.29, 1.82) is 0 Å². The van der Waals surface area contributed by atoms with E-state index in [0.717, 1.165) is 18.4 Å². The second-order valence-electron chi connectivity index (χ2n) is 4.21. The molecule has 0 aliphatic carbocycles. The summed E-state index contributed by atoms with van der Waals surface area (Å²) in [5.74, 6) is 0. The lowest BCUT2D eigenvalue weighted by atomic mass is 10.0. The fraction of sp³-hybridized carbons (Fsp3) is 0.286. The molecule has 2 aromatic rings. The summed E-state index contributed by atoms with van der Waals surface area (Å²) in [7, 11) is 1.97. The Labute approximate surface area is 122 Å². The zero-order valence-electron chi connectivity index (χ0n) is 10.1. The van der Waals surface area contributed by atoms with Gasteiger partial charge in [0.1, 0.15) is 0 Å². The maximum Gasteiger partial charge on any atom is 0.0424 e. The minimum Gasteiger partial charge on any atom is -0.313 e. The minimum absolute atomic E-state index is 0.279. The average molecular weight is 300 g/mol. The van der Waals surface area contributed by atoms with Crippen LogP contribution in [0, 0.1) is 0 Å². The fourth-order valence-corrected chi connectivity index (χ4v) is 3.25. The van der Waals surface area contributed by atoms with Gasteiger partial charge >= 0.3 is 0 Å². The van der Waals surface area contributed by atoms with Gasteiger partial charge in [0.25, 0.3) is 0 Å². The molecule has 4 heteroatoms. The second kappa shape index (κ2) is 6.58. The molecule has 0 saturated heterocycles. The summed E-state index contributed by atoms with van der Waals surface area (Å²) in [6, 6.07) is 8.16. The summed E-state index contributed by atoms with van der Waals surface area (Å²) < 4.78 is 0. The number of aryl methyl sites for hydroxylation is 1. The number of hydrogen-bond acceptors (Lipinski definition) is 2. The second-order valence-corrected chi connectivity index (χ2v) is 5.87. The summed E-state index contributed by atoms with van der Waals surface area (Å²) in [5.41, 5.74) is 2.53. The number of hydrogen-bond donors (Lipinski definition) is 1. The molecule has 0 bridgehead atoms. The van der Waals surface area contributed by atoms with Crippen molar-refractivity contribution in [3.05, 3.63) is 56.2 Å². The molecular formula is C14H15Cl2NS. The Morgan fingerprint density at radius 1 is 1.22 bits per heavy atom. The first kappa shape index (κ1) is 13.9. The van der Waals surface area contributed by atoms with Crippen molar-refractivity contribution in [2.75, 3.05) is 7.05 Å². The lowest BCUT2D eigenvalue weighted by Crippen LogP contribution is -2.17. The lowest BCUT2D eigenvalue weighted by Gasteiger charge is -2.17. The number of nitrogens with one attached hydrogen (secondary N) is 1. The third kappa shape index (κ3) is 3.72. The quantitative estimate of drug-likeness (QED) is 0.824. The number of thiophene rings is 1. The highest BCUT2D eigenvalue weighted by molar-refractivity contribution is 7.07. The molecule has 2 rings (SSSR count). The lowest BCUT2D eigenvalue weighted by molar-refractivity contribution is 0.550. The molecule has 0 aliphatic rings. The molecule has 0 aliphatic heterocycles. The SMILES string of the molecule is CNC(CCc1ccsc1)c1cc(Cl)cc(Cl)c1. The van der Waals surface area contributed by atoms with E-state index < -0.39 is 0 Å². The van der Waals surface area contributed by atoms with Crippen molar-refractivity contribution in [2.45, 2.75) is 18.9 Å². The number of rotatable bonds is 5. The van der Waals surface area contributed by atoms with E-state index in [9.17, 15) is 0 Å². The normalized spacial score (nSPS) is 12.6. The zero-order valence-corrected chi connectivity index (χ0v) is 12.4. The van der Waals surface area contributed by atoms with E-state index in [1.165, 1.54) is 5.56 Å². The van der Waals surface area contributed by atoms with Crippen LogP contribution < -0.4 is 5.32 Å². The summed E-state index contributed by atoms with van der Waals surface area (Å²) in [4.78, 5) is 0. The van der Waals surface area contributed by atoms with Gasteiger partial charge in [0.2, 0.25) is 0 Å². The zero-order chi connectivity index (χ0) is 13.0. The van der Waals surface area contributed by atoms with E-state index in [-0.39, 0.29) is 6.04 Å².